The quantitative estimate of drug-likeness (QED) is 0.414. The first-order valence-corrected chi connectivity index (χ1v) is 11.0. The molecule has 0 radical (unpaired) electrons. The Kier molecular flexibility index (Phi) is 6.67. The molecule has 3 aromatic rings. The van der Waals surface area contributed by atoms with E-state index in [1.165, 1.54) is 6.07 Å². The number of para-hydroxylation sites is 1. The molecule has 1 amide bonds. The molecule has 6 nitrogen and oxygen atoms in total. The monoisotopic (exact) mass is 437 g/mol. The topological polar surface area (TPSA) is 94.5 Å². The third-order valence-corrected chi connectivity index (χ3v) is 6.34. The van der Waals surface area contributed by atoms with Gasteiger partial charge in [0.25, 0.3) is 0 Å². The predicted molar refractivity (Wildman–Crippen MR) is 122 cm³/mol. The molecule has 2 heterocycles. The second kappa shape index (κ2) is 9.63. The number of halogens is 1. The molecule has 168 valence electrons. The van der Waals surface area contributed by atoms with E-state index in [2.05, 4.69) is 15.6 Å². The summed E-state index contributed by atoms with van der Waals surface area (Å²) < 4.78 is 15.3. The van der Waals surface area contributed by atoms with Crippen molar-refractivity contribution in [2.75, 3.05) is 19.6 Å². The van der Waals surface area contributed by atoms with Crippen LogP contribution in [0, 0.1) is 11.7 Å². The fourth-order valence-corrected chi connectivity index (χ4v) is 4.76. The molecule has 1 aliphatic rings. The number of aliphatic hydroxyl groups is 1. The molecule has 2 aromatic carbocycles. The van der Waals surface area contributed by atoms with Gasteiger partial charge in [0.1, 0.15) is 5.82 Å². The highest BCUT2D eigenvalue weighted by Crippen LogP contribution is 2.43. The zero-order valence-corrected chi connectivity index (χ0v) is 17.9. The Labute approximate surface area is 186 Å². The number of pyridine rings is 1. The molecule has 1 unspecified atom stereocenters. The lowest BCUT2D eigenvalue weighted by atomic mass is 9.72. The van der Waals surface area contributed by atoms with Crippen LogP contribution >= 0.6 is 0 Å². The highest BCUT2D eigenvalue weighted by atomic mass is 19.1. The minimum absolute atomic E-state index is 0.116. The van der Waals surface area contributed by atoms with Crippen molar-refractivity contribution >= 4 is 17.0 Å². The molecule has 7 heteroatoms. The number of fused-ring (bicyclic) bond motifs is 1. The number of hydrogen-bond acceptors (Lipinski definition) is 4. The van der Waals surface area contributed by atoms with Crippen molar-refractivity contribution in [2.45, 2.75) is 31.3 Å². The number of amides is 1. The van der Waals surface area contributed by atoms with Crippen molar-refractivity contribution in [3.05, 3.63) is 66.1 Å². The number of nitrogens with one attached hydrogen (secondary N) is 2. The molecule has 4 N–H and O–H groups in total. The summed E-state index contributed by atoms with van der Waals surface area (Å²) in [5.41, 5.74) is 1.00. The lowest BCUT2D eigenvalue weighted by Crippen LogP contribution is -2.45. The van der Waals surface area contributed by atoms with Crippen LogP contribution in [0.3, 0.4) is 0 Å². The van der Waals surface area contributed by atoms with Gasteiger partial charge in [0, 0.05) is 41.7 Å². The number of rotatable bonds is 7. The normalized spacial score (nSPS) is 18.2. The smallest absolute Gasteiger partial charge is 0.404 e. The molecule has 0 aliphatic carbocycles. The Bertz CT molecular complexity index is 1100. The maximum atomic E-state index is 15.3. The van der Waals surface area contributed by atoms with Gasteiger partial charge in [-0.25, -0.2) is 9.18 Å². The summed E-state index contributed by atoms with van der Waals surface area (Å²) in [5.74, 6) is -0.527. The Balaban J connectivity index is 1.78. The lowest BCUT2D eigenvalue weighted by molar-refractivity contribution is -0.0417. The Hall–Kier alpha value is -3.03. The maximum absolute atomic E-state index is 15.3. The van der Waals surface area contributed by atoms with Gasteiger partial charge in [0.05, 0.1) is 11.1 Å². The zero-order valence-electron chi connectivity index (χ0n) is 17.9. The van der Waals surface area contributed by atoms with E-state index < -0.39 is 17.5 Å². The second-order valence-corrected chi connectivity index (χ2v) is 8.38. The van der Waals surface area contributed by atoms with E-state index in [9.17, 15) is 9.90 Å². The first-order valence-electron chi connectivity index (χ1n) is 11.0. The molecule has 2 atom stereocenters. The van der Waals surface area contributed by atoms with E-state index in [-0.39, 0.29) is 12.5 Å². The summed E-state index contributed by atoms with van der Waals surface area (Å²) in [6.45, 7) is 1.73. The van der Waals surface area contributed by atoms with Crippen molar-refractivity contribution < 1.29 is 19.4 Å². The van der Waals surface area contributed by atoms with Gasteiger partial charge in [0.15, 0.2) is 0 Å². The molecule has 0 saturated carbocycles. The molecule has 32 heavy (non-hydrogen) atoms. The maximum Gasteiger partial charge on any atom is 0.404 e. The highest BCUT2D eigenvalue weighted by molar-refractivity contribution is 5.84. The van der Waals surface area contributed by atoms with Gasteiger partial charge in [-0.2, -0.15) is 0 Å². The van der Waals surface area contributed by atoms with Crippen LogP contribution in [0.4, 0.5) is 9.18 Å². The number of carbonyl (C=O) groups is 1. The van der Waals surface area contributed by atoms with Gasteiger partial charge in [-0.15, -0.1) is 0 Å². The van der Waals surface area contributed by atoms with E-state index >= 15 is 4.39 Å². The van der Waals surface area contributed by atoms with Crippen molar-refractivity contribution in [2.24, 2.45) is 5.92 Å². The van der Waals surface area contributed by atoms with Crippen LogP contribution in [-0.2, 0) is 5.60 Å². The molecule has 1 fully saturated rings. The minimum atomic E-state index is -1.31. The SMILES string of the molecule is O=C(O)NCCCC(O)(c1cccc(F)c1-c1cnc2ccccc2c1)[C@@H]1CCCNC1. The van der Waals surface area contributed by atoms with E-state index in [4.69, 9.17) is 5.11 Å². The Morgan fingerprint density at radius 1 is 1.25 bits per heavy atom. The van der Waals surface area contributed by atoms with Crippen LogP contribution in [-0.4, -0.2) is 40.9 Å². The molecular formula is C25H28FN3O3. The summed E-state index contributed by atoms with van der Waals surface area (Å²) in [4.78, 5) is 15.3. The average molecular weight is 438 g/mol. The number of aromatic nitrogens is 1. The van der Waals surface area contributed by atoms with Crippen LogP contribution in [0.15, 0.2) is 54.7 Å². The minimum Gasteiger partial charge on any atom is -0.465 e. The van der Waals surface area contributed by atoms with E-state index in [0.717, 1.165) is 30.3 Å². The number of nitrogens with zero attached hydrogens (tertiary/aromatic N) is 1. The summed E-state index contributed by atoms with van der Waals surface area (Å²) in [5, 5.41) is 27.5. The van der Waals surface area contributed by atoms with Gasteiger partial charge in [0.2, 0.25) is 0 Å². The molecule has 4 rings (SSSR count). The number of hydrogen-bond donors (Lipinski definition) is 4. The van der Waals surface area contributed by atoms with E-state index in [0.29, 0.717) is 36.1 Å². The third-order valence-electron chi connectivity index (χ3n) is 6.34. The fraction of sp³-hybridized carbons (Fsp3) is 0.360. The van der Waals surface area contributed by atoms with Crippen molar-refractivity contribution in [1.82, 2.24) is 15.6 Å². The first kappa shape index (κ1) is 22.2. The standard InChI is InChI=1S/C25H28FN3O3/c26-21-9-3-8-20(23(21)18-14-17-6-1-2-10-22(17)29-15-18)25(32,11-5-13-28-24(30)31)19-7-4-12-27-16-19/h1-3,6,8-10,14-15,19,27-28,32H,4-5,7,11-13,16H2,(H,30,31)/t19-,25?/m1/s1. The van der Waals surface area contributed by atoms with Gasteiger partial charge in [-0.3, -0.25) is 4.98 Å². The third kappa shape index (κ3) is 4.59. The molecular weight excluding hydrogens is 409 g/mol. The molecule has 0 bridgehead atoms. The van der Waals surface area contributed by atoms with Crippen LogP contribution in [0.1, 0.15) is 31.2 Å². The van der Waals surface area contributed by atoms with Gasteiger partial charge in [-0.05, 0) is 56.0 Å². The average Bonchev–Trinajstić information content (AvgIpc) is 2.81. The van der Waals surface area contributed by atoms with Gasteiger partial charge in [-0.1, -0.05) is 30.3 Å². The summed E-state index contributed by atoms with van der Waals surface area (Å²) in [7, 11) is 0. The van der Waals surface area contributed by atoms with Crippen LogP contribution in [0.2, 0.25) is 0 Å². The highest BCUT2D eigenvalue weighted by Gasteiger charge is 2.40. The van der Waals surface area contributed by atoms with E-state index in [1.807, 2.05) is 30.3 Å². The second-order valence-electron chi connectivity index (χ2n) is 8.38. The Morgan fingerprint density at radius 3 is 2.88 bits per heavy atom. The van der Waals surface area contributed by atoms with Crippen LogP contribution in [0.25, 0.3) is 22.0 Å². The zero-order chi connectivity index (χ0) is 22.6. The molecule has 1 aliphatic heterocycles. The first-order chi connectivity index (χ1) is 15.5. The largest absolute Gasteiger partial charge is 0.465 e. The lowest BCUT2D eigenvalue weighted by Gasteiger charge is -2.40. The number of piperidine rings is 1. The van der Waals surface area contributed by atoms with Gasteiger partial charge >= 0.3 is 6.09 Å². The fourth-order valence-electron chi connectivity index (χ4n) is 4.76. The molecule has 1 saturated heterocycles. The van der Waals surface area contributed by atoms with Crippen molar-refractivity contribution in [3.63, 3.8) is 0 Å². The Morgan fingerprint density at radius 2 is 2.09 bits per heavy atom. The molecule has 1 aromatic heterocycles. The van der Waals surface area contributed by atoms with Gasteiger partial charge < -0.3 is 20.8 Å². The van der Waals surface area contributed by atoms with Crippen molar-refractivity contribution in [3.8, 4) is 11.1 Å². The van der Waals surface area contributed by atoms with Crippen molar-refractivity contribution in [1.29, 1.82) is 0 Å². The summed E-state index contributed by atoms with van der Waals surface area (Å²) >= 11 is 0. The summed E-state index contributed by atoms with van der Waals surface area (Å²) in [6.07, 6.45) is 3.03. The van der Waals surface area contributed by atoms with Crippen LogP contribution in [0.5, 0.6) is 0 Å². The number of carboxylic acid groups (broad SMARTS) is 1. The van der Waals surface area contributed by atoms with Crippen LogP contribution < -0.4 is 10.6 Å². The predicted octanol–water partition coefficient (Wildman–Crippen LogP) is 4.28. The molecule has 0 spiro atoms. The number of benzene rings is 2. The summed E-state index contributed by atoms with van der Waals surface area (Å²) in [6, 6.07) is 14.4. The van der Waals surface area contributed by atoms with E-state index in [1.54, 1.807) is 18.3 Å².